The number of hydrogen-bond acceptors (Lipinski definition) is 2. The molecule has 0 saturated heterocycles. The lowest BCUT2D eigenvalue weighted by Gasteiger charge is -2.25. The number of carbonyl (C=O) groups excluding carboxylic acids is 1. The summed E-state index contributed by atoms with van der Waals surface area (Å²) in [7, 11) is 0. The van der Waals surface area contributed by atoms with Crippen LogP contribution in [0.2, 0.25) is 0 Å². The van der Waals surface area contributed by atoms with Crippen LogP contribution in [0.25, 0.3) is 0 Å². The van der Waals surface area contributed by atoms with Gasteiger partial charge in [0.05, 0.1) is 6.04 Å². The zero-order valence-corrected chi connectivity index (χ0v) is 10.5. The lowest BCUT2D eigenvalue weighted by atomic mass is 9.95. The van der Waals surface area contributed by atoms with E-state index in [-0.39, 0.29) is 11.9 Å². The van der Waals surface area contributed by atoms with Gasteiger partial charge in [-0.25, -0.2) is 0 Å². The van der Waals surface area contributed by atoms with Gasteiger partial charge in [0.1, 0.15) is 0 Å². The van der Waals surface area contributed by atoms with Gasteiger partial charge in [0, 0.05) is 13.1 Å². The topological polar surface area (TPSA) is 41.1 Å². The molecule has 2 rings (SSSR count). The molecule has 1 amide bonds. The number of nitrogens with one attached hydrogen (secondary N) is 2. The fraction of sp³-hybridized carbons (Fsp3) is 0.500. The SMILES string of the molecule is CC(C)CNC(=O)[C@H]1Cc2ccccc2CN1. The monoisotopic (exact) mass is 232 g/mol. The highest BCUT2D eigenvalue weighted by Gasteiger charge is 2.23. The minimum absolute atomic E-state index is 0.0800. The van der Waals surface area contributed by atoms with Gasteiger partial charge in [-0.3, -0.25) is 4.79 Å². The van der Waals surface area contributed by atoms with Gasteiger partial charge in [0.2, 0.25) is 5.91 Å². The summed E-state index contributed by atoms with van der Waals surface area (Å²) >= 11 is 0. The van der Waals surface area contributed by atoms with E-state index in [2.05, 4.69) is 36.6 Å². The third-order valence-electron chi connectivity index (χ3n) is 3.08. The van der Waals surface area contributed by atoms with Gasteiger partial charge >= 0.3 is 0 Å². The summed E-state index contributed by atoms with van der Waals surface area (Å²) in [5.41, 5.74) is 2.59. The normalized spacial score (nSPS) is 18.9. The van der Waals surface area contributed by atoms with E-state index in [0.29, 0.717) is 5.92 Å². The van der Waals surface area contributed by atoms with Crippen LogP contribution in [0.5, 0.6) is 0 Å². The first kappa shape index (κ1) is 12.1. The quantitative estimate of drug-likeness (QED) is 0.828. The largest absolute Gasteiger partial charge is 0.354 e. The van der Waals surface area contributed by atoms with Gasteiger partial charge in [-0.15, -0.1) is 0 Å². The number of fused-ring (bicyclic) bond motifs is 1. The van der Waals surface area contributed by atoms with Gasteiger partial charge in [-0.1, -0.05) is 38.1 Å². The maximum absolute atomic E-state index is 11.9. The third kappa shape index (κ3) is 3.07. The predicted octanol–water partition coefficient (Wildman–Crippen LogP) is 1.47. The molecule has 0 radical (unpaired) electrons. The van der Waals surface area contributed by atoms with Gasteiger partial charge in [0.25, 0.3) is 0 Å². The number of amides is 1. The molecule has 0 aliphatic carbocycles. The molecule has 1 heterocycles. The average Bonchev–Trinajstić information content (AvgIpc) is 2.35. The number of rotatable bonds is 3. The molecule has 1 atom stereocenters. The third-order valence-corrected chi connectivity index (χ3v) is 3.08. The van der Waals surface area contributed by atoms with E-state index in [4.69, 9.17) is 0 Å². The van der Waals surface area contributed by atoms with Crippen LogP contribution < -0.4 is 10.6 Å². The van der Waals surface area contributed by atoms with Crippen molar-refractivity contribution in [3.8, 4) is 0 Å². The lowest BCUT2D eigenvalue weighted by Crippen LogP contribution is -2.48. The van der Waals surface area contributed by atoms with Crippen LogP contribution in [-0.2, 0) is 17.8 Å². The van der Waals surface area contributed by atoms with Crippen molar-refractivity contribution in [2.75, 3.05) is 6.54 Å². The highest BCUT2D eigenvalue weighted by molar-refractivity contribution is 5.82. The number of carbonyl (C=O) groups is 1. The van der Waals surface area contributed by atoms with Crippen LogP contribution in [0.15, 0.2) is 24.3 Å². The van der Waals surface area contributed by atoms with Crippen molar-refractivity contribution in [3.05, 3.63) is 35.4 Å². The molecular weight excluding hydrogens is 212 g/mol. The van der Waals surface area contributed by atoms with E-state index in [1.165, 1.54) is 11.1 Å². The molecule has 1 aliphatic heterocycles. The van der Waals surface area contributed by atoms with E-state index in [1.807, 2.05) is 12.1 Å². The second-order valence-electron chi connectivity index (χ2n) is 5.05. The van der Waals surface area contributed by atoms with Gasteiger partial charge < -0.3 is 10.6 Å². The van der Waals surface area contributed by atoms with E-state index in [9.17, 15) is 4.79 Å². The van der Waals surface area contributed by atoms with Crippen LogP contribution in [0, 0.1) is 5.92 Å². The maximum Gasteiger partial charge on any atom is 0.237 e. The van der Waals surface area contributed by atoms with Crippen molar-refractivity contribution in [2.24, 2.45) is 5.92 Å². The van der Waals surface area contributed by atoms with Crippen LogP contribution >= 0.6 is 0 Å². The summed E-state index contributed by atoms with van der Waals surface area (Å²) in [6.45, 7) is 5.74. The number of hydrogen-bond donors (Lipinski definition) is 2. The standard InChI is InChI=1S/C14H20N2O/c1-10(2)8-16-14(17)13-7-11-5-3-4-6-12(11)9-15-13/h3-6,10,13,15H,7-9H2,1-2H3,(H,16,17)/t13-/m1/s1. The van der Waals surface area contributed by atoms with Crippen molar-refractivity contribution >= 4 is 5.91 Å². The highest BCUT2D eigenvalue weighted by Crippen LogP contribution is 2.16. The van der Waals surface area contributed by atoms with E-state index >= 15 is 0 Å². The first-order chi connectivity index (χ1) is 8.16. The van der Waals surface area contributed by atoms with Crippen molar-refractivity contribution in [2.45, 2.75) is 32.9 Å². The zero-order chi connectivity index (χ0) is 12.3. The Morgan fingerprint density at radius 3 is 2.82 bits per heavy atom. The van der Waals surface area contributed by atoms with Gasteiger partial charge in [0.15, 0.2) is 0 Å². The predicted molar refractivity (Wildman–Crippen MR) is 68.6 cm³/mol. The molecule has 3 nitrogen and oxygen atoms in total. The molecule has 3 heteroatoms. The molecule has 0 fully saturated rings. The van der Waals surface area contributed by atoms with Crippen molar-refractivity contribution < 1.29 is 4.79 Å². The summed E-state index contributed by atoms with van der Waals surface area (Å²) in [6, 6.07) is 8.22. The summed E-state index contributed by atoms with van der Waals surface area (Å²) in [5, 5.41) is 6.27. The Bertz CT molecular complexity index is 401. The molecule has 17 heavy (non-hydrogen) atoms. The fourth-order valence-corrected chi connectivity index (χ4v) is 2.07. The second-order valence-corrected chi connectivity index (χ2v) is 5.05. The van der Waals surface area contributed by atoms with Crippen LogP contribution in [0.3, 0.4) is 0 Å². The van der Waals surface area contributed by atoms with Gasteiger partial charge in [-0.05, 0) is 23.5 Å². The van der Waals surface area contributed by atoms with Gasteiger partial charge in [-0.2, -0.15) is 0 Å². The van der Waals surface area contributed by atoms with Crippen LogP contribution in [0.4, 0.5) is 0 Å². The van der Waals surface area contributed by atoms with Crippen LogP contribution in [0.1, 0.15) is 25.0 Å². The highest BCUT2D eigenvalue weighted by atomic mass is 16.2. The Kier molecular flexibility index (Phi) is 3.79. The molecule has 0 spiro atoms. The van der Waals surface area contributed by atoms with E-state index in [0.717, 1.165) is 19.5 Å². The molecular formula is C14H20N2O. The van der Waals surface area contributed by atoms with Crippen molar-refractivity contribution in [1.29, 1.82) is 0 Å². The Morgan fingerprint density at radius 2 is 2.12 bits per heavy atom. The number of benzene rings is 1. The summed E-state index contributed by atoms with van der Waals surface area (Å²) < 4.78 is 0. The van der Waals surface area contributed by atoms with Crippen molar-refractivity contribution in [1.82, 2.24) is 10.6 Å². The second kappa shape index (κ2) is 5.32. The Morgan fingerprint density at radius 1 is 1.41 bits per heavy atom. The zero-order valence-electron chi connectivity index (χ0n) is 10.5. The smallest absolute Gasteiger partial charge is 0.237 e. The minimum Gasteiger partial charge on any atom is -0.354 e. The molecule has 0 saturated carbocycles. The minimum atomic E-state index is -0.0800. The summed E-state index contributed by atoms with van der Waals surface area (Å²) in [6.07, 6.45) is 0.792. The molecule has 0 aromatic heterocycles. The first-order valence-electron chi connectivity index (χ1n) is 6.24. The van der Waals surface area contributed by atoms with E-state index in [1.54, 1.807) is 0 Å². The molecule has 1 aromatic rings. The Labute approximate surface area is 103 Å². The van der Waals surface area contributed by atoms with E-state index < -0.39 is 0 Å². The molecule has 0 unspecified atom stereocenters. The molecule has 0 bridgehead atoms. The molecule has 1 aliphatic rings. The molecule has 1 aromatic carbocycles. The fourth-order valence-electron chi connectivity index (χ4n) is 2.07. The summed E-state index contributed by atoms with van der Waals surface area (Å²) in [5.74, 6) is 0.614. The average molecular weight is 232 g/mol. The molecule has 2 N–H and O–H groups in total. The Hall–Kier alpha value is -1.35. The first-order valence-corrected chi connectivity index (χ1v) is 6.24. The van der Waals surface area contributed by atoms with Crippen LogP contribution in [-0.4, -0.2) is 18.5 Å². The molecule has 92 valence electrons. The lowest BCUT2D eigenvalue weighted by molar-refractivity contribution is -0.123. The Balaban J connectivity index is 1.95. The maximum atomic E-state index is 11.9. The summed E-state index contributed by atoms with van der Waals surface area (Å²) in [4.78, 5) is 11.9. The van der Waals surface area contributed by atoms with Crippen molar-refractivity contribution in [3.63, 3.8) is 0 Å².